The number of nitro benzene ring substituents is 1. The molecule has 1 radical (unpaired) electrons. The third kappa shape index (κ3) is 0.978. The fourth-order valence-corrected chi connectivity index (χ4v) is 1.58. The average Bonchev–Trinajstić information content (AvgIpc) is 2.49. The summed E-state index contributed by atoms with van der Waals surface area (Å²) < 4.78 is 0. The highest BCUT2D eigenvalue weighted by atomic mass is 16.6. The van der Waals surface area contributed by atoms with Crippen LogP contribution in [0.3, 0.4) is 0 Å². The van der Waals surface area contributed by atoms with E-state index in [1.54, 1.807) is 12.1 Å². The molecule has 2 rings (SSSR count). The lowest BCUT2D eigenvalue weighted by Gasteiger charge is -1.98. The highest BCUT2D eigenvalue weighted by Gasteiger charge is 2.20. The van der Waals surface area contributed by atoms with E-state index in [1.165, 1.54) is 0 Å². The number of nitro groups is 1. The van der Waals surface area contributed by atoms with Crippen molar-refractivity contribution in [2.45, 2.75) is 12.8 Å². The fraction of sp³-hybridized carbons (Fsp3) is 0.222. The second-order valence-electron chi connectivity index (χ2n) is 2.85. The molecule has 0 aliphatic heterocycles. The lowest BCUT2D eigenvalue weighted by atomic mass is 10.1. The summed E-state index contributed by atoms with van der Waals surface area (Å²) >= 11 is 0. The first-order valence-electron chi connectivity index (χ1n) is 3.88. The molecule has 0 saturated heterocycles. The van der Waals surface area contributed by atoms with Crippen molar-refractivity contribution in [3.63, 3.8) is 0 Å². The third-order valence-electron chi connectivity index (χ3n) is 2.13. The lowest BCUT2D eigenvalue weighted by molar-refractivity contribution is -0.385. The number of hydrogen-bond acceptors (Lipinski definition) is 2. The predicted molar refractivity (Wildman–Crippen MR) is 44.8 cm³/mol. The second-order valence-corrected chi connectivity index (χ2v) is 2.85. The molecule has 1 aromatic carbocycles. The van der Waals surface area contributed by atoms with E-state index in [2.05, 4.69) is 0 Å². The maximum Gasteiger partial charge on any atom is 0.273 e. The molecule has 61 valence electrons. The average molecular weight is 162 g/mol. The summed E-state index contributed by atoms with van der Waals surface area (Å²) in [6.07, 6.45) is 3.81. The first-order valence-corrected chi connectivity index (χ1v) is 3.88. The number of fused-ring (bicyclic) bond motifs is 1. The number of hydrogen-bond donors (Lipinski definition) is 0. The number of benzene rings is 1. The molecule has 0 saturated carbocycles. The van der Waals surface area contributed by atoms with Gasteiger partial charge in [0.25, 0.3) is 5.69 Å². The lowest BCUT2D eigenvalue weighted by Crippen LogP contribution is -1.92. The first kappa shape index (κ1) is 7.28. The molecule has 1 aliphatic rings. The van der Waals surface area contributed by atoms with Gasteiger partial charge in [-0.25, -0.2) is 0 Å². The molecular weight excluding hydrogens is 154 g/mol. The molecule has 0 aromatic heterocycles. The SMILES string of the molecule is O=[N+]([O-])c1cccc2c1[CH]CC2. The summed E-state index contributed by atoms with van der Waals surface area (Å²) in [6, 6.07) is 5.25. The summed E-state index contributed by atoms with van der Waals surface area (Å²) in [7, 11) is 0. The molecule has 1 aromatic rings. The molecule has 0 amide bonds. The molecule has 3 heteroatoms. The Hall–Kier alpha value is -1.38. The van der Waals surface area contributed by atoms with Crippen molar-refractivity contribution >= 4 is 5.69 Å². The number of rotatable bonds is 1. The molecule has 0 N–H and O–H groups in total. The van der Waals surface area contributed by atoms with Gasteiger partial charge in [-0.15, -0.1) is 0 Å². The zero-order chi connectivity index (χ0) is 8.55. The van der Waals surface area contributed by atoms with E-state index in [0.717, 1.165) is 24.0 Å². The van der Waals surface area contributed by atoms with E-state index in [0.29, 0.717) is 0 Å². The standard InChI is InChI=1S/C9H8NO2/c11-10(12)9-6-2-4-7-3-1-5-8(7)9/h2,4-6H,1,3H2. The summed E-state index contributed by atoms with van der Waals surface area (Å²) in [4.78, 5) is 10.2. The van der Waals surface area contributed by atoms with Gasteiger partial charge in [-0.2, -0.15) is 0 Å². The molecule has 0 heterocycles. The van der Waals surface area contributed by atoms with Gasteiger partial charge in [-0.1, -0.05) is 12.1 Å². The van der Waals surface area contributed by atoms with Gasteiger partial charge in [-0.3, -0.25) is 10.1 Å². The van der Waals surface area contributed by atoms with E-state index in [-0.39, 0.29) is 10.6 Å². The molecule has 0 spiro atoms. The van der Waals surface area contributed by atoms with E-state index < -0.39 is 0 Å². The van der Waals surface area contributed by atoms with Crippen molar-refractivity contribution in [3.8, 4) is 0 Å². The number of nitrogens with zero attached hydrogens (tertiary/aromatic N) is 1. The van der Waals surface area contributed by atoms with Gasteiger partial charge in [0, 0.05) is 11.6 Å². The van der Waals surface area contributed by atoms with Crippen LogP contribution in [-0.2, 0) is 6.42 Å². The summed E-state index contributed by atoms with van der Waals surface area (Å²) in [5.74, 6) is 0. The number of aryl methyl sites for hydroxylation is 1. The Morgan fingerprint density at radius 1 is 1.42 bits per heavy atom. The van der Waals surface area contributed by atoms with E-state index in [4.69, 9.17) is 0 Å². The minimum Gasteiger partial charge on any atom is -0.258 e. The zero-order valence-corrected chi connectivity index (χ0v) is 6.49. The quantitative estimate of drug-likeness (QED) is 0.468. The van der Waals surface area contributed by atoms with Gasteiger partial charge in [0.15, 0.2) is 0 Å². The summed E-state index contributed by atoms with van der Waals surface area (Å²) in [6.45, 7) is 0. The molecule has 12 heavy (non-hydrogen) atoms. The van der Waals surface area contributed by atoms with Crippen LogP contribution in [0.4, 0.5) is 5.69 Å². The monoisotopic (exact) mass is 162 g/mol. The van der Waals surface area contributed by atoms with Crippen molar-refractivity contribution in [1.29, 1.82) is 0 Å². The minimum atomic E-state index is -0.319. The van der Waals surface area contributed by atoms with Crippen LogP contribution in [0.2, 0.25) is 0 Å². The predicted octanol–water partition coefficient (Wildman–Crippen LogP) is 2.09. The second kappa shape index (κ2) is 2.59. The van der Waals surface area contributed by atoms with Crippen LogP contribution in [0.25, 0.3) is 0 Å². The van der Waals surface area contributed by atoms with Gasteiger partial charge in [-0.05, 0) is 24.8 Å². The Morgan fingerprint density at radius 3 is 3.00 bits per heavy atom. The van der Waals surface area contributed by atoms with Crippen molar-refractivity contribution in [2.75, 3.05) is 0 Å². The first-order chi connectivity index (χ1) is 5.79. The van der Waals surface area contributed by atoms with Gasteiger partial charge >= 0.3 is 0 Å². The van der Waals surface area contributed by atoms with Crippen molar-refractivity contribution in [1.82, 2.24) is 0 Å². The molecule has 0 atom stereocenters. The highest BCUT2D eigenvalue weighted by molar-refractivity contribution is 5.52. The summed E-state index contributed by atoms with van der Waals surface area (Å²) in [5, 5.41) is 10.5. The molecular formula is C9H8NO2. The molecule has 1 aliphatic carbocycles. The van der Waals surface area contributed by atoms with Crippen molar-refractivity contribution in [2.24, 2.45) is 0 Å². The van der Waals surface area contributed by atoms with Crippen molar-refractivity contribution in [3.05, 3.63) is 45.9 Å². The van der Waals surface area contributed by atoms with Crippen LogP contribution < -0.4 is 0 Å². The molecule has 0 fully saturated rings. The van der Waals surface area contributed by atoms with Gasteiger partial charge in [0.2, 0.25) is 0 Å². The minimum absolute atomic E-state index is 0.241. The maximum atomic E-state index is 10.5. The van der Waals surface area contributed by atoms with E-state index in [9.17, 15) is 10.1 Å². The Balaban J connectivity index is 2.56. The van der Waals surface area contributed by atoms with Crippen molar-refractivity contribution < 1.29 is 4.92 Å². The van der Waals surface area contributed by atoms with E-state index >= 15 is 0 Å². The van der Waals surface area contributed by atoms with Crippen LogP contribution in [0, 0.1) is 16.5 Å². The normalized spacial score (nSPS) is 14.3. The van der Waals surface area contributed by atoms with Crippen LogP contribution >= 0.6 is 0 Å². The topological polar surface area (TPSA) is 43.1 Å². The Morgan fingerprint density at radius 2 is 2.25 bits per heavy atom. The Labute approximate surface area is 70.2 Å². The van der Waals surface area contributed by atoms with Gasteiger partial charge < -0.3 is 0 Å². The van der Waals surface area contributed by atoms with Crippen LogP contribution in [0.5, 0.6) is 0 Å². The molecule has 0 bridgehead atoms. The van der Waals surface area contributed by atoms with Gasteiger partial charge in [0.1, 0.15) is 0 Å². The Kier molecular flexibility index (Phi) is 1.57. The zero-order valence-electron chi connectivity index (χ0n) is 6.49. The summed E-state index contributed by atoms with van der Waals surface area (Å²) in [5.41, 5.74) is 2.16. The fourth-order valence-electron chi connectivity index (χ4n) is 1.58. The van der Waals surface area contributed by atoms with Crippen LogP contribution in [-0.4, -0.2) is 4.92 Å². The van der Waals surface area contributed by atoms with Gasteiger partial charge in [0.05, 0.1) is 4.92 Å². The molecule has 3 nitrogen and oxygen atoms in total. The molecule has 0 unspecified atom stereocenters. The van der Waals surface area contributed by atoms with Crippen LogP contribution in [0.1, 0.15) is 17.5 Å². The highest BCUT2D eigenvalue weighted by Crippen LogP contribution is 2.31. The Bertz CT molecular complexity index is 333. The van der Waals surface area contributed by atoms with Crippen LogP contribution in [0.15, 0.2) is 18.2 Å². The van der Waals surface area contributed by atoms with E-state index in [1.807, 2.05) is 12.5 Å². The third-order valence-corrected chi connectivity index (χ3v) is 2.13. The maximum absolute atomic E-state index is 10.5. The largest absolute Gasteiger partial charge is 0.273 e. The smallest absolute Gasteiger partial charge is 0.258 e.